The first-order valence-electron chi connectivity index (χ1n) is 6.42. The van der Waals surface area contributed by atoms with Crippen molar-refractivity contribution in [2.75, 3.05) is 14.2 Å². The zero-order chi connectivity index (χ0) is 15.4. The predicted molar refractivity (Wildman–Crippen MR) is 83.9 cm³/mol. The third-order valence-corrected chi connectivity index (χ3v) is 3.60. The summed E-state index contributed by atoms with van der Waals surface area (Å²) in [5.41, 5.74) is 1.35. The van der Waals surface area contributed by atoms with Crippen LogP contribution in [0.4, 0.5) is 0 Å². The molecule has 2 aromatic rings. The van der Waals surface area contributed by atoms with Crippen molar-refractivity contribution in [3.05, 3.63) is 46.2 Å². The molecule has 1 aromatic carbocycles. The number of carbonyl (C=O) groups excluding carboxylic acids is 1. The Morgan fingerprint density at radius 2 is 2.05 bits per heavy atom. The van der Waals surface area contributed by atoms with Gasteiger partial charge in [-0.05, 0) is 47.1 Å². The van der Waals surface area contributed by atoms with Gasteiger partial charge in [-0.3, -0.25) is 4.79 Å². The molecule has 0 unspecified atom stereocenters. The monoisotopic (exact) mass is 352 g/mol. The Morgan fingerprint density at radius 1 is 1.29 bits per heavy atom. The van der Waals surface area contributed by atoms with E-state index in [2.05, 4.69) is 26.2 Å². The Labute approximate surface area is 131 Å². The second-order valence-electron chi connectivity index (χ2n) is 4.53. The molecule has 0 aliphatic heterocycles. The molecular formula is C15H17BrN2O3. The third-order valence-electron chi connectivity index (χ3n) is 3.14. The molecule has 0 bridgehead atoms. The molecule has 0 aliphatic rings. The van der Waals surface area contributed by atoms with Crippen LogP contribution in [0.1, 0.15) is 29.0 Å². The summed E-state index contributed by atoms with van der Waals surface area (Å²) in [6, 6.07) is 7.00. The highest BCUT2D eigenvalue weighted by atomic mass is 79.9. The number of methoxy groups -OCH3 is 2. The average Bonchev–Trinajstić information content (AvgIpc) is 2.93. The molecule has 2 N–H and O–H groups in total. The number of hydrogen-bond acceptors (Lipinski definition) is 3. The minimum atomic E-state index is -0.218. The molecule has 21 heavy (non-hydrogen) atoms. The SMILES string of the molecule is COc1ccc(OC)c([C@H](C)NC(=O)c2cc(Br)c[nH]2)c1. The quantitative estimate of drug-likeness (QED) is 0.867. The normalized spacial score (nSPS) is 11.8. The second kappa shape index (κ2) is 6.67. The Bertz CT molecular complexity index is 640. The number of ether oxygens (including phenoxy) is 2. The lowest BCUT2D eigenvalue weighted by molar-refractivity contribution is 0.0935. The van der Waals surface area contributed by atoms with Crippen LogP contribution in [0.3, 0.4) is 0 Å². The lowest BCUT2D eigenvalue weighted by Gasteiger charge is -2.18. The van der Waals surface area contributed by atoms with E-state index in [1.165, 1.54) is 0 Å². The van der Waals surface area contributed by atoms with Crippen LogP contribution in [-0.4, -0.2) is 25.1 Å². The number of aromatic nitrogens is 1. The molecule has 2 rings (SSSR count). The molecule has 1 amide bonds. The zero-order valence-electron chi connectivity index (χ0n) is 12.1. The smallest absolute Gasteiger partial charge is 0.268 e. The Balaban J connectivity index is 2.19. The van der Waals surface area contributed by atoms with E-state index in [4.69, 9.17) is 9.47 Å². The summed E-state index contributed by atoms with van der Waals surface area (Å²) in [7, 11) is 3.20. The fraction of sp³-hybridized carbons (Fsp3) is 0.267. The summed E-state index contributed by atoms with van der Waals surface area (Å²) in [5, 5.41) is 2.93. The van der Waals surface area contributed by atoms with Crippen LogP contribution in [0.2, 0.25) is 0 Å². The van der Waals surface area contributed by atoms with Crippen molar-refractivity contribution in [1.29, 1.82) is 0 Å². The van der Waals surface area contributed by atoms with Crippen LogP contribution in [0.25, 0.3) is 0 Å². The highest BCUT2D eigenvalue weighted by Gasteiger charge is 2.17. The second-order valence-corrected chi connectivity index (χ2v) is 5.45. The molecular weight excluding hydrogens is 336 g/mol. The van der Waals surface area contributed by atoms with Crippen LogP contribution in [-0.2, 0) is 0 Å². The van der Waals surface area contributed by atoms with Crippen LogP contribution in [0, 0.1) is 0 Å². The van der Waals surface area contributed by atoms with E-state index in [0.717, 1.165) is 15.8 Å². The minimum absolute atomic E-state index is 0.182. The number of carbonyl (C=O) groups is 1. The van der Waals surface area contributed by atoms with Gasteiger partial charge in [0.15, 0.2) is 0 Å². The summed E-state index contributed by atoms with van der Waals surface area (Å²) < 4.78 is 11.4. The van der Waals surface area contributed by atoms with Crippen LogP contribution in [0.5, 0.6) is 11.5 Å². The molecule has 0 radical (unpaired) electrons. The summed E-state index contributed by atoms with van der Waals surface area (Å²) in [6.07, 6.45) is 1.71. The molecule has 0 saturated carbocycles. The number of amides is 1. The van der Waals surface area contributed by atoms with Crippen molar-refractivity contribution in [3.8, 4) is 11.5 Å². The van der Waals surface area contributed by atoms with E-state index in [-0.39, 0.29) is 11.9 Å². The molecule has 0 fully saturated rings. The summed E-state index contributed by atoms with van der Waals surface area (Å²) in [4.78, 5) is 15.1. The first kappa shape index (κ1) is 15.4. The van der Waals surface area contributed by atoms with E-state index in [1.807, 2.05) is 25.1 Å². The maximum Gasteiger partial charge on any atom is 0.268 e. The minimum Gasteiger partial charge on any atom is -0.497 e. The number of nitrogens with one attached hydrogen (secondary N) is 2. The molecule has 1 aromatic heterocycles. The van der Waals surface area contributed by atoms with E-state index in [1.54, 1.807) is 26.5 Å². The molecule has 0 aliphatic carbocycles. The molecule has 6 heteroatoms. The molecule has 1 heterocycles. The van der Waals surface area contributed by atoms with Gasteiger partial charge in [0.05, 0.1) is 20.3 Å². The van der Waals surface area contributed by atoms with Crippen LogP contribution >= 0.6 is 15.9 Å². The van der Waals surface area contributed by atoms with Gasteiger partial charge < -0.3 is 19.8 Å². The van der Waals surface area contributed by atoms with Crippen molar-refractivity contribution in [2.45, 2.75) is 13.0 Å². The number of H-pyrrole nitrogens is 1. The number of aromatic amines is 1. The largest absolute Gasteiger partial charge is 0.497 e. The van der Waals surface area contributed by atoms with E-state index >= 15 is 0 Å². The molecule has 1 atom stereocenters. The van der Waals surface area contributed by atoms with Gasteiger partial charge in [0.2, 0.25) is 0 Å². The lowest BCUT2D eigenvalue weighted by Crippen LogP contribution is -2.27. The summed E-state index contributed by atoms with van der Waals surface area (Å²) in [6.45, 7) is 1.90. The highest BCUT2D eigenvalue weighted by Crippen LogP contribution is 2.29. The van der Waals surface area contributed by atoms with E-state index < -0.39 is 0 Å². The number of hydrogen-bond donors (Lipinski definition) is 2. The van der Waals surface area contributed by atoms with Crippen molar-refractivity contribution in [3.63, 3.8) is 0 Å². The highest BCUT2D eigenvalue weighted by molar-refractivity contribution is 9.10. The first-order chi connectivity index (χ1) is 10.0. The van der Waals surface area contributed by atoms with Crippen molar-refractivity contribution in [1.82, 2.24) is 10.3 Å². The molecule has 0 saturated heterocycles. The zero-order valence-corrected chi connectivity index (χ0v) is 13.7. The predicted octanol–water partition coefficient (Wildman–Crippen LogP) is 3.29. The van der Waals surface area contributed by atoms with E-state index in [0.29, 0.717) is 11.4 Å². The third kappa shape index (κ3) is 3.58. The van der Waals surface area contributed by atoms with Crippen LogP contribution in [0.15, 0.2) is 34.9 Å². The van der Waals surface area contributed by atoms with Crippen molar-refractivity contribution in [2.24, 2.45) is 0 Å². The maximum absolute atomic E-state index is 12.2. The van der Waals surface area contributed by atoms with Crippen LogP contribution < -0.4 is 14.8 Å². The van der Waals surface area contributed by atoms with Gasteiger partial charge in [-0.1, -0.05) is 0 Å². The lowest BCUT2D eigenvalue weighted by atomic mass is 10.1. The fourth-order valence-corrected chi connectivity index (χ4v) is 2.37. The first-order valence-corrected chi connectivity index (χ1v) is 7.21. The van der Waals surface area contributed by atoms with Gasteiger partial charge in [-0.2, -0.15) is 0 Å². The van der Waals surface area contributed by atoms with E-state index in [9.17, 15) is 4.79 Å². The van der Waals surface area contributed by atoms with Gasteiger partial charge in [0, 0.05) is 16.2 Å². The van der Waals surface area contributed by atoms with Crippen molar-refractivity contribution < 1.29 is 14.3 Å². The number of rotatable bonds is 5. The van der Waals surface area contributed by atoms with Gasteiger partial charge in [0.1, 0.15) is 17.2 Å². The fourth-order valence-electron chi connectivity index (χ4n) is 2.03. The standard InChI is InChI=1S/C15H17BrN2O3/c1-9(18-15(19)13-6-10(16)8-17-13)12-7-11(20-2)4-5-14(12)21-3/h4-9,17H,1-3H3,(H,18,19)/t9-/m0/s1. The van der Waals surface area contributed by atoms with Gasteiger partial charge >= 0.3 is 0 Å². The Kier molecular flexibility index (Phi) is 4.90. The average molecular weight is 353 g/mol. The summed E-state index contributed by atoms with van der Waals surface area (Å²) >= 11 is 3.31. The molecule has 0 spiro atoms. The van der Waals surface area contributed by atoms with Gasteiger partial charge in [0.25, 0.3) is 5.91 Å². The van der Waals surface area contributed by atoms with Gasteiger partial charge in [-0.25, -0.2) is 0 Å². The van der Waals surface area contributed by atoms with Crippen molar-refractivity contribution >= 4 is 21.8 Å². The maximum atomic E-state index is 12.2. The Morgan fingerprint density at radius 3 is 2.62 bits per heavy atom. The topological polar surface area (TPSA) is 63.4 Å². The number of benzene rings is 1. The number of halogens is 1. The summed E-state index contributed by atoms with van der Waals surface area (Å²) in [5.74, 6) is 1.24. The Hall–Kier alpha value is -1.95. The molecule has 5 nitrogen and oxygen atoms in total. The molecule has 112 valence electrons. The van der Waals surface area contributed by atoms with Gasteiger partial charge in [-0.15, -0.1) is 0 Å².